The molecule has 1 aliphatic heterocycles. The predicted molar refractivity (Wildman–Crippen MR) is 121 cm³/mol. The number of amides is 1. The molecule has 6 nitrogen and oxygen atoms in total. The molecular formula is C24H24N4O2S. The Kier molecular flexibility index (Phi) is 5.44. The minimum Gasteiger partial charge on any atom is -0.484 e. The SMILES string of the molecule is Cc1ccc2nc(CNC(=O)CN3Cc4ccccc4OC(c4ccsc4)C3)cn2c1. The summed E-state index contributed by atoms with van der Waals surface area (Å²) in [5, 5.41) is 7.19. The second-order valence-corrected chi connectivity index (χ2v) is 8.70. The molecule has 0 radical (unpaired) electrons. The monoisotopic (exact) mass is 432 g/mol. The third-order valence-corrected chi connectivity index (χ3v) is 6.16. The quantitative estimate of drug-likeness (QED) is 0.519. The van der Waals surface area contributed by atoms with E-state index in [4.69, 9.17) is 4.74 Å². The summed E-state index contributed by atoms with van der Waals surface area (Å²) in [6.45, 7) is 4.11. The van der Waals surface area contributed by atoms with Gasteiger partial charge in [0.25, 0.3) is 0 Å². The molecule has 31 heavy (non-hydrogen) atoms. The van der Waals surface area contributed by atoms with Gasteiger partial charge < -0.3 is 14.5 Å². The lowest BCUT2D eigenvalue weighted by Crippen LogP contribution is -2.38. The van der Waals surface area contributed by atoms with Gasteiger partial charge >= 0.3 is 0 Å². The van der Waals surface area contributed by atoms with Gasteiger partial charge in [0.1, 0.15) is 17.5 Å². The Hall–Kier alpha value is -3.16. The number of ether oxygens (including phenoxy) is 1. The molecule has 4 aromatic rings. The van der Waals surface area contributed by atoms with Gasteiger partial charge in [-0.15, -0.1) is 0 Å². The van der Waals surface area contributed by atoms with E-state index in [0.29, 0.717) is 26.2 Å². The number of carbonyl (C=O) groups excluding carboxylic acids is 1. The first-order chi connectivity index (χ1) is 15.1. The molecule has 0 bridgehead atoms. The Bertz CT molecular complexity index is 1200. The molecule has 1 N–H and O–H groups in total. The molecule has 0 saturated heterocycles. The lowest BCUT2D eigenvalue weighted by Gasteiger charge is -2.23. The maximum atomic E-state index is 12.7. The zero-order valence-corrected chi connectivity index (χ0v) is 18.1. The number of rotatable bonds is 5. The Morgan fingerprint density at radius 3 is 3.00 bits per heavy atom. The third kappa shape index (κ3) is 4.47. The van der Waals surface area contributed by atoms with Gasteiger partial charge in [-0.25, -0.2) is 4.98 Å². The molecule has 0 saturated carbocycles. The second kappa shape index (κ2) is 8.53. The van der Waals surface area contributed by atoms with E-state index in [1.807, 2.05) is 54.0 Å². The van der Waals surface area contributed by atoms with Gasteiger partial charge in [-0.1, -0.05) is 24.3 Å². The van der Waals surface area contributed by atoms with Gasteiger partial charge in [0.15, 0.2) is 0 Å². The van der Waals surface area contributed by atoms with Crippen molar-refractivity contribution >= 4 is 22.9 Å². The fourth-order valence-corrected chi connectivity index (χ4v) is 4.62. The third-order valence-electron chi connectivity index (χ3n) is 5.46. The molecule has 1 amide bonds. The van der Waals surface area contributed by atoms with Crippen molar-refractivity contribution in [3.8, 4) is 5.75 Å². The molecule has 3 aromatic heterocycles. The molecule has 1 aromatic carbocycles. The predicted octanol–water partition coefficient (Wildman–Crippen LogP) is 3.96. The lowest BCUT2D eigenvalue weighted by atomic mass is 10.2. The zero-order valence-electron chi connectivity index (χ0n) is 17.3. The van der Waals surface area contributed by atoms with Crippen LogP contribution in [0.5, 0.6) is 5.75 Å². The van der Waals surface area contributed by atoms with Gasteiger partial charge in [-0.3, -0.25) is 9.69 Å². The number of fused-ring (bicyclic) bond motifs is 2. The molecule has 7 heteroatoms. The molecule has 0 fully saturated rings. The van der Waals surface area contributed by atoms with E-state index in [9.17, 15) is 4.79 Å². The van der Waals surface area contributed by atoms with Crippen LogP contribution in [0, 0.1) is 6.92 Å². The fourth-order valence-electron chi connectivity index (χ4n) is 3.92. The van der Waals surface area contributed by atoms with Crippen LogP contribution < -0.4 is 10.1 Å². The maximum absolute atomic E-state index is 12.7. The van der Waals surface area contributed by atoms with Crippen LogP contribution in [0.25, 0.3) is 5.65 Å². The van der Waals surface area contributed by atoms with Crippen molar-refractivity contribution < 1.29 is 9.53 Å². The minimum atomic E-state index is -0.0932. The number of imidazole rings is 1. The first-order valence-electron chi connectivity index (χ1n) is 10.3. The summed E-state index contributed by atoms with van der Waals surface area (Å²) in [6.07, 6.45) is 3.90. The summed E-state index contributed by atoms with van der Waals surface area (Å²) < 4.78 is 8.30. The average Bonchev–Trinajstić information content (AvgIpc) is 3.39. The Labute approximate surface area is 185 Å². The molecule has 4 heterocycles. The van der Waals surface area contributed by atoms with E-state index in [2.05, 4.69) is 38.1 Å². The maximum Gasteiger partial charge on any atom is 0.234 e. The van der Waals surface area contributed by atoms with Crippen LogP contribution in [0.3, 0.4) is 0 Å². The number of nitrogens with one attached hydrogen (secondary N) is 1. The summed E-state index contributed by atoms with van der Waals surface area (Å²) in [4.78, 5) is 19.5. The normalized spacial score (nSPS) is 16.5. The average molecular weight is 433 g/mol. The van der Waals surface area contributed by atoms with Crippen molar-refractivity contribution in [2.75, 3.05) is 13.1 Å². The van der Waals surface area contributed by atoms with Crippen LogP contribution in [0.15, 0.2) is 65.6 Å². The lowest BCUT2D eigenvalue weighted by molar-refractivity contribution is -0.122. The number of para-hydroxylation sites is 1. The number of thiophene rings is 1. The molecule has 1 unspecified atom stereocenters. The van der Waals surface area contributed by atoms with E-state index in [1.54, 1.807) is 11.3 Å². The number of aryl methyl sites for hydroxylation is 1. The highest BCUT2D eigenvalue weighted by Crippen LogP contribution is 2.31. The zero-order chi connectivity index (χ0) is 21.2. The Morgan fingerprint density at radius 2 is 2.13 bits per heavy atom. The van der Waals surface area contributed by atoms with E-state index in [0.717, 1.165) is 28.2 Å². The smallest absolute Gasteiger partial charge is 0.234 e. The number of hydrogen-bond acceptors (Lipinski definition) is 5. The number of hydrogen-bond donors (Lipinski definition) is 1. The van der Waals surface area contributed by atoms with Crippen LogP contribution in [-0.4, -0.2) is 33.3 Å². The van der Waals surface area contributed by atoms with E-state index >= 15 is 0 Å². The fraction of sp³-hybridized carbons (Fsp3) is 0.250. The first-order valence-corrected chi connectivity index (χ1v) is 11.3. The molecule has 5 rings (SSSR count). The molecule has 1 atom stereocenters. The van der Waals surface area contributed by atoms with Gasteiger partial charge in [-0.05, 0) is 41.4 Å². The number of nitrogens with zero attached hydrogens (tertiary/aromatic N) is 3. The summed E-state index contributed by atoms with van der Waals surface area (Å²) in [5.74, 6) is 0.873. The molecule has 0 spiro atoms. The largest absolute Gasteiger partial charge is 0.484 e. The first kappa shape index (κ1) is 19.8. The summed E-state index contributed by atoms with van der Waals surface area (Å²) in [5.41, 5.74) is 5.15. The summed E-state index contributed by atoms with van der Waals surface area (Å²) in [7, 11) is 0. The van der Waals surface area contributed by atoms with Crippen molar-refractivity contribution in [1.82, 2.24) is 19.6 Å². The number of benzene rings is 1. The van der Waals surface area contributed by atoms with Crippen molar-refractivity contribution in [3.63, 3.8) is 0 Å². The van der Waals surface area contributed by atoms with Gasteiger partial charge in [0.05, 0.1) is 18.8 Å². The van der Waals surface area contributed by atoms with Crippen LogP contribution in [0.1, 0.15) is 28.5 Å². The van der Waals surface area contributed by atoms with Crippen LogP contribution in [0.2, 0.25) is 0 Å². The topological polar surface area (TPSA) is 58.9 Å². The van der Waals surface area contributed by atoms with Crippen LogP contribution >= 0.6 is 11.3 Å². The minimum absolute atomic E-state index is 0.0170. The molecular weight excluding hydrogens is 408 g/mol. The molecule has 1 aliphatic rings. The number of aromatic nitrogens is 2. The van der Waals surface area contributed by atoms with Crippen molar-refractivity contribution in [2.24, 2.45) is 0 Å². The van der Waals surface area contributed by atoms with Crippen molar-refractivity contribution in [1.29, 1.82) is 0 Å². The Balaban J connectivity index is 1.26. The highest BCUT2D eigenvalue weighted by atomic mass is 32.1. The van der Waals surface area contributed by atoms with Gasteiger partial charge in [0.2, 0.25) is 5.91 Å². The summed E-state index contributed by atoms with van der Waals surface area (Å²) in [6, 6.07) is 14.2. The van der Waals surface area contributed by atoms with E-state index in [1.165, 1.54) is 5.56 Å². The van der Waals surface area contributed by atoms with Gasteiger partial charge in [0, 0.05) is 36.6 Å². The molecule has 158 valence electrons. The van der Waals surface area contributed by atoms with Gasteiger partial charge in [-0.2, -0.15) is 11.3 Å². The highest BCUT2D eigenvalue weighted by molar-refractivity contribution is 7.07. The van der Waals surface area contributed by atoms with Crippen molar-refractivity contribution in [3.05, 3.63) is 88.0 Å². The van der Waals surface area contributed by atoms with Crippen LogP contribution in [0.4, 0.5) is 0 Å². The summed E-state index contributed by atoms with van der Waals surface area (Å²) >= 11 is 1.66. The van der Waals surface area contributed by atoms with Crippen molar-refractivity contribution in [2.45, 2.75) is 26.1 Å². The number of pyridine rings is 1. The number of carbonyl (C=O) groups is 1. The Morgan fingerprint density at radius 1 is 1.23 bits per heavy atom. The molecule has 0 aliphatic carbocycles. The van der Waals surface area contributed by atoms with E-state index < -0.39 is 0 Å². The second-order valence-electron chi connectivity index (χ2n) is 7.92. The van der Waals surface area contributed by atoms with E-state index in [-0.39, 0.29) is 12.0 Å². The standard InChI is InChI=1S/C24H24N4O2S/c1-17-6-7-23-26-20(13-28(23)11-17)10-25-24(29)15-27-12-18-4-2-3-5-21(18)30-22(14-27)19-8-9-31-16-19/h2-9,11,13,16,22H,10,12,14-15H2,1H3,(H,25,29). The highest BCUT2D eigenvalue weighted by Gasteiger charge is 2.25. The van der Waals surface area contributed by atoms with Crippen LogP contribution in [-0.2, 0) is 17.9 Å².